The van der Waals surface area contributed by atoms with Gasteiger partial charge in [0.25, 0.3) is 5.91 Å². The van der Waals surface area contributed by atoms with Gasteiger partial charge in [-0.25, -0.2) is 18.7 Å². The summed E-state index contributed by atoms with van der Waals surface area (Å²) in [4.78, 5) is 38.2. The molecule has 2 fully saturated rings. The number of halogens is 3. The summed E-state index contributed by atoms with van der Waals surface area (Å²) in [5, 5.41) is 6.13. The Bertz CT molecular complexity index is 1700. The van der Waals surface area contributed by atoms with E-state index >= 15 is 0 Å². The first-order chi connectivity index (χ1) is 20.7. The van der Waals surface area contributed by atoms with Crippen LogP contribution >= 0.6 is 0 Å². The van der Waals surface area contributed by atoms with Gasteiger partial charge in [-0.05, 0) is 42.8 Å². The summed E-state index contributed by atoms with van der Waals surface area (Å²) < 4.78 is 49.2. The average Bonchev–Trinajstić information content (AvgIpc) is 3.65. The molecule has 224 valence electrons. The number of aryl methyl sites for hydroxylation is 1. The summed E-state index contributed by atoms with van der Waals surface area (Å²) in [6.45, 7) is 3.60. The molecule has 2 aromatic heterocycles. The first kappa shape index (κ1) is 28.5. The standard InChI is InChI=1S/C30H30F3N7O3/c1-17-13-19(3-4-20(17)29(41)38-9-11-39(12-10-38)30(42)22-14-18(31)15-35-22)37-27-28-36-16-23(40(28)8-7-34-27)21-5-6-24(43-2)26(33)25(21)32/h3-8,13,16,18,22,35H,9-12,14-15H2,1-2H3,(H,34,37)/t18-,22-/m0/s1. The summed E-state index contributed by atoms with van der Waals surface area (Å²) in [5.74, 6) is -2.18. The number of piperazine rings is 1. The predicted molar refractivity (Wildman–Crippen MR) is 153 cm³/mol. The van der Waals surface area contributed by atoms with Gasteiger partial charge >= 0.3 is 0 Å². The van der Waals surface area contributed by atoms with Crippen molar-refractivity contribution >= 4 is 29.0 Å². The number of benzene rings is 2. The molecule has 4 heterocycles. The Morgan fingerprint density at radius 2 is 1.81 bits per heavy atom. The smallest absolute Gasteiger partial charge is 0.254 e. The third-order valence-corrected chi connectivity index (χ3v) is 7.94. The number of aromatic nitrogens is 3. The fourth-order valence-corrected chi connectivity index (χ4v) is 5.61. The van der Waals surface area contributed by atoms with E-state index in [0.717, 1.165) is 5.56 Å². The van der Waals surface area contributed by atoms with Gasteiger partial charge in [-0.1, -0.05) is 0 Å². The molecule has 0 radical (unpaired) electrons. The van der Waals surface area contributed by atoms with Crippen molar-refractivity contribution in [2.75, 3.05) is 45.2 Å². The van der Waals surface area contributed by atoms with Crippen molar-refractivity contribution in [3.63, 3.8) is 0 Å². The Balaban J connectivity index is 1.15. The Labute approximate surface area is 245 Å². The molecule has 2 N–H and O–H groups in total. The van der Waals surface area contributed by atoms with Crippen LogP contribution in [0.15, 0.2) is 48.9 Å². The molecule has 0 unspecified atom stereocenters. The van der Waals surface area contributed by atoms with Crippen molar-refractivity contribution in [2.24, 2.45) is 0 Å². The van der Waals surface area contributed by atoms with E-state index in [2.05, 4.69) is 20.6 Å². The maximum absolute atomic E-state index is 14.8. The van der Waals surface area contributed by atoms with Crippen LogP contribution in [-0.2, 0) is 4.79 Å². The Kier molecular flexibility index (Phi) is 7.65. The van der Waals surface area contributed by atoms with Crippen LogP contribution in [0.3, 0.4) is 0 Å². The SMILES string of the molecule is COc1ccc(-c2cnc3c(Nc4ccc(C(=O)N5CCN(C(=O)[C@@H]6C[C@H](F)CN6)CC5)c(C)c4)nccn23)c(F)c1F. The summed E-state index contributed by atoms with van der Waals surface area (Å²) in [5.41, 5.74) is 2.69. The fourth-order valence-electron chi connectivity index (χ4n) is 5.61. The minimum absolute atomic E-state index is 0.0236. The van der Waals surface area contributed by atoms with E-state index in [1.54, 1.807) is 32.5 Å². The van der Waals surface area contributed by atoms with E-state index in [4.69, 9.17) is 4.74 Å². The molecule has 0 spiro atoms. The number of alkyl halides is 1. The molecular weight excluding hydrogens is 563 g/mol. The van der Waals surface area contributed by atoms with Gasteiger partial charge in [-0.3, -0.25) is 14.0 Å². The van der Waals surface area contributed by atoms with Crippen molar-refractivity contribution in [1.29, 1.82) is 0 Å². The van der Waals surface area contributed by atoms with Crippen molar-refractivity contribution < 1.29 is 27.5 Å². The zero-order valence-electron chi connectivity index (χ0n) is 23.6. The molecule has 13 heteroatoms. The number of carbonyl (C=O) groups excluding carboxylic acids is 2. The van der Waals surface area contributed by atoms with E-state index in [9.17, 15) is 22.8 Å². The van der Waals surface area contributed by atoms with E-state index in [1.165, 1.54) is 31.6 Å². The molecule has 2 saturated heterocycles. The minimum atomic E-state index is -1.08. The lowest BCUT2D eigenvalue weighted by atomic mass is 10.1. The van der Waals surface area contributed by atoms with Gasteiger partial charge in [-0.15, -0.1) is 0 Å². The number of nitrogens with zero attached hydrogens (tertiary/aromatic N) is 5. The topological polar surface area (TPSA) is 104 Å². The van der Waals surface area contributed by atoms with Gasteiger partial charge in [0.2, 0.25) is 11.7 Å². The maximum atomic E-state index is 14.8. The van der Waals surface area contributed by atoms with Gasteiger partial charge in [0.05, 0.1) is 25.0 Å². The van der Waals surface area contributed by atoms with Crippen LogP contribution in [0.2, 0.25) is 0 Å². The zero-order chi connectivity index (χ0) is 30.2. The minimum Gasteiger partial charge on any atom is -0.494 e. The van der Waals surface area contributed by atoms with Gasteiger partial charge in [-0.2, -0.15) is 4.39 Å². The number of methoxy groups -OCH3 is 1. The first-order valence-corrected chi connectivity index (χ1v) is 13.9. The number of carbonyl (C=O) groups is 2. The molecule has 2 aromatic carbocycles. The highest BCUT2D eigenvalue weighted by atomic mass is 19.2. The molecule has 0 bridgehead atoms. The molecule has 2 aliphatic rings. The fraction of sp³-hybridized carbons (Fsp3) is 0.333. The van der Waals surface area contributed by atoms with Crippen molar-refractivity contribution in [3.05, 3.63) is 71.7 Å². The van der Waals surface area contributed by atoms with Crippen molar-refractivity contribution in [1.82, 2.24) is 29.5 Å². The number of anilines is 2. The summed E-state index contributed by atoms with van der Waals surface area (Å²) in [7, 11) is 1.27. The van der Waals surface area contributed by atoms with E-state index in [0.29, 0.717) is 54.6 Å². The number of hydrogen-bond donors (Lipinski definition) is 2. The number of fused-ring (bicyclic) bond motifs is 1. The quantitative estimate of drug-likeness (QED) is 0.351. The molecule has 2 atom stereocenters. The van der Waals surface area contributed by atoms with Crippen molar-refractivity contribution in [3.8, 4) is 17.0 Å². The molecule has 43 heavy (non-hydrogen) atoms. The van der Waals surface area contributed by atoms with Gasteiger partial charge < -0.3 is 25.2 Å². The van der Waals surface area contributed by atoms with Crippen LogP contribution in [0.25, 0.3) is 16.9 Å². The number of amides is 2. The molecule has 10 nitrogen and oxygen atoms in total. The molecule has 4 aromatic rings. The van der Waals surface area contributed by atoms with Crippen molar-refractivity contribution in [2.45, 2.75) is 25.6 Å². The van der Waals surface area contributed by atoms with Crippen LogP contribution in [0.5, 0.6) is 5.75 Å². The third kappa shape index (κ3) is 5.36. The number of hydrogen-bond acceptors (Lipinski definition) is 7. The van der Waals surface area contributed by atoms with Crippen LogP contribution in [0, 0.1) is 18.6 Å². The lowest BCUT2D eigenvalue weighted by Crippen LogP contribution is -2.54. The monoisotopic (exact) mass is 593 g/mol. The normalized spacial score (nSPS) is 18.7. The summed E-state index contributed by atoms with van der Waals surface area (Å²) in [6, 6.07) is 7.59. The maximum Gasteiger partial charge on any atom is 0.254 e. The molecule has 2 aliphatic heterocycles. The lowest BCUT2D eigenvalue weighted by molar-refractivity contribution is -0.134. The predicted octanol–water partition coefficient (Wildman–Crippen LogP) is 3.72. The zero-order valence-corrected chi connectivity index (χ0v) is 23.6. The molecule has 0 saturated carbocycles. The van der Waals surface area contributed by atoms with Gasteiger partial charge in [0, 0.05) is 68.4 Å². The summed E-state index contributed by atoms with van der Waals surface area (Å²) >= 11 is 0. The van der Waals surface area contributed by atoms with Crippen LogP contribution in [0.1, 0.15) is 22.3 Å². The van der Waals surface area contributed by atoms with Crippen LogP contribution in [0.4, 0.5) is 24.7 Å². The first-order valence-electron chi connectivity index (χ1n) is 13.9. The number of nitrogens with one attached hydrogen (secondary N) is 2. The highest BCUT2D eigenvalue weighted by Crippen LogP contribution is 2.32. The second-order valence-corrected chi connectivity index (χ2v) is 10.6. The van der Waals surface area contributed by atoms with Gasteiger partial charge in [0.15, 0.2) is 23.0 Å². The lowest BCUT2D eigenvalue weighted by Gasteiger charge is -2.36. The second kappa shape index (κ2) is 11.6. The Morgan fingerprint density at radius 1 is 1.05 bits per heavy atom. The highest BCUT2D eigenvalue weighted by molar-refractivity contribution is 5.96. The largest absolute Gasteiger partial charge is 0.494 e. The third-order valence-electron chi connectivity index (χ3n) is 7.94. The molecule has 0 aliphatic carbocycles. The molecule has 2 amide bonds. The molecule has 6 rings (SSSR count). The number of ether oxygens (including phenoxy) is 1. The Hall–Kier alpha value is -4.65. The number of imidazole rings is 1. The number of rotatable bonds is 6. The molecular formula is C30H30F3N7O3. The van der Waals surface area contributed by atoms with E-state index < -0.39 is 23.8 Å². The van der Waals surface area contributed by atoms with Gasteiger partial charge in [0.1, 0.15) is 6.17 Å². The van der Waals surface area contributed by atoms with Crippen LogP contribution in [-0.4, -0.2) is 88.0 Å². The summed E-state index contributed by atoms with van der Waals surface area (Å²) in [6.07, 6.45) is 3.74. The second-order valence-electron chi connectivity index (χ2n) is 10.6. The highest BCUT2D eigenvalue weighted by Gasteiger charge is 2.34. The van der Waals surface area contributed by atoms with E-state index in [1.807, 2.05) is 13.0 Å². The Morgan fingerprint density at radius 3 is 2.51 bits per heavy atom. The van der Waals surface area contributed by atoms with Crippen LogP contribution < -0.4 is 15.4 Å². The van der Waals surface area contributed by atoms with E-state index in [-0.39, 0.29) is 36.1 Å². The average molecular weight is 594 g/mol.